The highest BCUT2D eigenvalue weighted by atomic mass is 19.4. The van der Waals surface area contributed by atoms with Crippen molar-refractivity contribution in [1.29, 1.82) is 0 Å². The molecule has 1 aliphatic rings. The molecule has 8 nitrogen and oxygen atoms in total. The molecule has 3 rings (SSSR count). The van der Waals surface area contributed by atoms with Crippen LogP contribution in [0.15, 0.2) is 30.5 Å². The number of alkyl halides is 3. The van der Waals surface area contributed by atoms with E-state index >= 15 is 0 Å². The number of aromatic nitrogens is 2. The highest BCUT2D eigenvalue weighted by Crippen LogP contribution is 2.30. The lowest BCUT2D eigenvalue weighted by molar-refractivity contribution is -0.137. The van der Waals surface area contributed by atoms with Gasteiger partial charge in [-0.1, -0.05) is 6.07 Å². The molecule has 0 spiro atoms. The van der Waals surface area contributed by atoms with Crippen molar-refractivity contribution in [1.82, 2.24) is 14.7 Å². The van der Waals surface area contributed by atoms with Gasteiger partial charge < -0.3 is 20.3 Å². The van der Waals surface area contributed by atoms with Crippen LogP contribution in [0.3, 0.4) is 0 Å². The molecule has 1 aromatic carbocycles. The summed E-state index contributed by atoms with van der Waals surface area (Å²) in [6, 6.07) is 3.49. The van der Waals surface area contributed by atoms with Gasteiger partial charge in [-0.05, 0) is 25.1 Å². The normalized spacial score (nSPS) is 14.6. The fourth-order valence-electron chi connectivity index (χ4n) is 2.92. The number of nitrogens with one attached hydrogen (secondary N) is 2. The number of urea groups is 1. The fraction of sp³-hybridized carbons (Fsp3) is 0.389. The molecular weight excluding hydrogens is 391 g/mol. The van der Waals surface area contributed by atoms with Crippen LogP contribution in [0.2, 0.25) is 0 Å². The van der Waals surface area contributed by atoms with Gasteiger partial charge in [0, 0.05) is 25.3 Å². The lowest BCUT2D eigenvalue weighted by atomic mass is 10.2. The van der Waals surface area contributed by atoms with Gasteiger partial charge in [0.25, 0.3) is 5.91 Å². The third-order valence-electron chi connectivity index (χ3n) is 4.34. The van der Waals surface area contributed by atoms with Gasteiger partial charge in [-0.3, -0.25) is 9.48 Å². The van der Waals surface area contributed by atoms with E-state index in [4.69, 9.17) is 4.74 Å². The molecule has 0 aliphatic carbocycles. The molecule has 0 radical (unpaired) electrons. The van der Waals surface area contributed by atoms with E-state index in [9.17, 15) is 22.8 Å². The van der Waals surface area contributed by atoms with Gasteiger partial charge in [-0.15, -0.1) is 0 Å². The van der Waals surface area contributed by atoms with Gasteiger partial charge in [0.15, 0.2) is 0 Å². The number of carbonyl (C=O) groups is 2. The molecule has 0 saturated carbocycles. The standard InChI is InChI=1S/C18H20F3N5O3/c1-2-26-15(16(27)25-6-8-29-9-7-25)14(11-22-26)24-17(28)23-13-5-3-4-12(10-13)18(19,20)21/h3-5,10-11H,2,6-9H2,1H3,(H2,23,24,28). The second-order valence-corrected chi connectivity index (χ2v) is 6.28. The van der Waals surface area contributed by atoms with E-state index in [1.165, 1.54) is 23.0 Å². The zero-order valence-electron chi connectivity index (χ0n) is 15.6. The van der Waals surface area contributed by atoms with Crippen LogP contribution in [-0.4, -0.2) is 52.9 Å². The lowest BCUT2D eigenvalue weighted by Gasteiger charge is -2.27. The van der Waals surface area contributed by atoms with Crippen LogP contribution in [0.4, 0.5) is 29.3 Å². The van der Waals surface area contributed by atoms with E-state index in [1.54, 1.807) is 11.8 Å². The van der Waals surface area contributed by atoms with Crippen molar-refractivity contribution in [2.45, 2.75) is 19.6 Å². The van der Waals surface area contributed by atoms with Crippen LogP contribution < -0.4 is 10.6 Å². The van der Waals surface area contributed by atoms with Crippen molar-refractivity contribution in [3.05, 3.63) is 41.7 Å². The predicted molar refractivity (Wildman–Crippen MR) is 98.7 cm³/mol. The van der Waals surface area contributed by atoms with Crippen LogP contribution in [0.25, 0.3) is 0 Å². The molecule has 29 heavy (non-hydrogen) atoms. The molecule has 11 heteroatoms. The number of hydrogen-bond donors (Lipinski definition) is 2. The largest absolute Gasteiger partial charge is 0.416 e. The predicted octanol–water partition coefficient (Wildman–Crippen LogP) is 3.04. The molecule has 0 unspecified atom stereocenters. The first-order valence-corrected chi connectivity index (χ1v) is 8.97. The molecule has 1 aromatic heterocycles. The Balaban J connectivity index is 1.75. The van der Waals surface area contributed by atoms with E-state index in [0.29, 0.717) is 32.8 Å². The molecule has 0 atom stereocenters. The molecule has 2 N–H and O–H groups in total. The fourth-order valence-corrected chi connectivity index (χ4v) is 2.92. The summed E-state index contributed by atoms with van der Waals surface area (Å²) in [4.78, 5) is 26.8. The SMILES string of the molecule is CCn1ncc(NC(=O)Nc2cccc(C(F)(F)F)c2)c1C(=O)N1CCOCC1. The first-order valence-electron chi connectivity index (χ1n) is 8.97. The number of hydrogen-bond acceptors (Lipinski definition) is 4. The summed E-state index contributed by atoms with van der Waals surface area (Å²) in [5, 5.41) is 8.95. The summed E-state index contributed by atoms with van der Waals surface area (Å²) < 4.78 is 45.2. The number of amides is 3. The van der Waals surface area contributed by atoms with E-state index in [-0.39, 0.29) is 23.0 Å². The maximum absolute atomic E-state index is 12.9. The smallest absolute Gasteiger partial charge is 0.378 e. The highest BCUT2D eigenvalue weighted by molar-refractivity contribution is 6.05. The van der Waals surface area contributed by atoms with Crippen LogP contribution >= 0.6 is 0 Å². The second kappa shape index (κ2) is 8.52. The summed E-state index contributed by atoms with van der Waals surface area (Å²) in [7, 11) is 0. The Morgan fingerprint density at radius 2 is 1.93 bits per heavy atom. The average Bonchev–Trinajstić information content (AvgIpc) is 3.10. The number of carbonyl (C=O) groups excluding carboxylic acids is 2. The Kier molecular flexibility index (Phi) is 6.06. The Bertz CT molecular complexity index is 891. The zero-order chi connectivity index (χ0) is 21.0. The molecular formula is C18H20F3N5O3. The lowest BCUT2D eigenvalue weighted by Crippen LogP contribution is -2.41. The minimum absolute atomic E-state index is 0.0266. The van der Waals surface area contributed by atoms with E-state index in [0.717, 1.165) is 12.1 Å². The van der Waals surface area contributed by atoms with Crippen molar-refractivity contribution < 1.29 is 27.5 Å². The van der Waals surface area contributed by atoms with E-state index in [2.05, 4.69) is 15.7 Å². The van der Waals surface area contributed by atoms with Crippen molar-refractivity contribution in [2.24, 2.45) is 0 Å². The second-order valence-electron chi connectivity index (χ2n) is 6.28. The first kappa shape index (κ1) is 20.6. The van der Waals surface area contributed by atoms with E-state index in [1.807, 2.05) is 0 Å². The number of anilines is 2. The summed E-state index contributed by atoms with van der Waals surface area (Å²) in [6.45, 7) is 3.89. The molecule has 1 fully saturated rings. The first-order chi connectivity index (χ1) is 13.8. The summed E-state index contributed by atoms with van der Waals surface area (Å²) in [5.74, 6) is -0.304. The number of benzene rings is 1. The van der Waals surface area contributed by atoms with Crippen LogP contribution in [0.5, 0.6) is 0 Å². The number of morpholine rings is 1. The molecule has 1 saturated heterocycles. The highest BCUT2D eigenvalue weighted by Gasteiger charge is 2.30. The third-order valence-corrected chi connectivity index (χ3v) is 4.34. The minimum atomic E-state index is -4.52. The van der Waals surface area contributed by atoms with Crippen molar-refractivity contribution >= 4 is 23.3 Å². The van der Waals surface area contributed by atoms with Crippen LogP contribution in [-0.2, 0) is 17.5 Å². The molecule has 2 heterocycles. The number of aryl methyl sites for hydroxylation is 1. The van der Waals surface area contributed by atoms with Gasteiger partial charge in [0.05, 0.1) is 30.7 Å². The van der Waals surface area contributed by atoms with Crippen LogP contribution in [0.1, 0.15) is 23.0 Å². The van der Waals surface area contributed by atoms with Gasteiger partial charge in [0.2, 0.25) is 0 Å². The average molecular weight is 411 g/mol. The summed E-state index contributed by atoms with van der Waals surface area (Å²) in [5.41, 5.74) is -0.528. The van der Waals surface area contributed by atoms with Gasteiger partial charge in [-0.2, -0.15) is 18.3 Å². The number of ether oxygens (including phenoxy) is 1. The number of halogens is 3. The van der Waals surface area contributed by atoms with Crippen molar-refractivity contribution in [3.63, 3.8) is 0 Å². The Labute approximate surface area is 164 Å². The van der Waals surface area contributed by atoms with Crippen LogP contribution in [0, 0.1) is 0 Å². The maximum atomic E-state index is 12.9. The number of rotatable bonds is 4. The Morgan fingerprint density at radius 3 is 2.59 bits per heavy atom. The molecule has 1 aliphatic heterocycles. The zero-order valence-corrected chi connectivity index (χ0v) is 15.6. The van der Waals surface area contributed by atoms with Crippen molar-refractivity contribution in [2.75, 3.05) is 36.9 Å². The summed E-state index contributed by atoms with van der Waals surface area (Å²) in [6.07, 6.45) is -3.18. The third kappa shape index (κ3) is 4.86. The quantitative estimate of drug-likeness (QED) is 0.810. The van der Waals surface area contributed by atoms with Gasteiger partial charge in [0.1, 0.15) is 5.69 Å². The Hall–Kier alpha value is -3.08. The van der Waals surface area contributed by atoms with Gasteiger partial charge >= 0.3 is 12.2 Å². The molecule has 3 amide bonds. The van der Waals surface area contributed by atoms with E-state index < -0.39 is 17.8 Å². The summed E-state index contributed by atoms with van der Waals surface area (Å²) >= 11 is 0. The topological polar surface area (TPSA) is 88.5 Å². The maximum Gasteiger partial charge on any atom is 0.416 e. The van der Waals surface area contributed by atoms with Crippen molar-refractivity contribution in [3.8, 4) is 0 Å². The molecule has 156 valence electrons. The minimum Gasteiger partial charge on any atom is -0.378 e. The van der Waals surface area contributed by atoms with Gasteiger partial charge in [-0.25, -0.2) is 4.79 Å². The number of nitrogens with zero attached hydrogens (tertiary/aromatic N) is 3. The monoisotopic (exact) mass is 411 g/mol. The molecule has 0 bridgehead atoms. The molecule has 2 aromatic rings. The Morgan fingerprint density at radius 1 is 1.21 bits per heavy atom.